The van der Waals surface area contributed by atoms with Crippen molar-refractivity contribution in [2.75, 3.05) is 20.2 Å². The van der Waals surface area contributed by atoms with E-state index >= 15 is 0 Å². The Bertz CT molecular complexity index is 393. The number of carbonyl (C=O) groups is 1. The van der Waals surface area contributed by atoms with E-state index in [9.17, 15) is 4.79 Å². The average molecular weight is 264 g/mol. The predicted molar refractivity (Wildman–Crippen MR) is 77.5 cm³/mol. The maximum Gasteiger partial charge on any atom is 0.220 e. The molecular formula is C15H24N2O2. The van der Waals surface area contributed by atoms with Crippen molar-refractivity contribution in [3.05, 3.63) is 29.8 Å². The van der Waals surface area contributed by atoms with Gasteiger partial charge in [0.15, 0.2) is 0 Å². The first-order valence-corrected chi connectivity index (χ1v) is 6.82. The molecule has 1 aromatic carbocycles. The monoisotopic (exact) mass is 264 g/mol. The van der Waals surface area contributed by atoms with Crippen molar-refractivity contribution in [1.29, 1.82) is 0 Å². The number of ether oxygens (including phenoxy) is 1. The fraction of sp³-hybridized carbons (Fsp3) is 0.533. The molecule has 4 heteroatoms. The molecule has 0 bridgehead atoms. The molecule has 1 rings (SSSR count). The first kappa shape index (κ1) is 15.5. The highest BCUT2D eigenvalue weighted by Gasteiger charge is 2.07. The Morgan fingerprint density at radius 2 is 2.11 bits per heavy atom. The van der Waals surface area contributed by atoms with Crippen LogP contribution in [0.15, 0.2) is 24.3 Å². The topological polar surface area (TPSA) is 50.4 Å². The molecule has 0 aliphatic heterocycles. The van der Waals surface area contributed by atoms with Gasteiger partial charge in [-0.2, -0.15) is 0 Å². The number of amides is 1. The number of hydrogen-bond acceptors (Lipinski definition) is 3. The number of aryl methyl sites for hydroxylation is 1. The third kappa shape index (κ3) is 5.75. The molecule has 0 saturated heterocycles. The first-order valence-electron chi connectivity index (χ1n) is 6.82. The van der Waals surface area contributed by atoms with E-state index in [4.69, 9.17) is 4.74 Å². The van der Waals surface area contributed by atoms with E-state index in [-0.39, 0.29) is 5.91 Å². The fourth-order valence-corrected chi connectivity index (χ4v) is 1.71. The number of carbonyl (C=O) groups excluding carboxylic acids is 1. The van der Waals surface area contributed by atoms with Crippen LogP contribution in [-0.2, 0) is 11.2 Å². The summed E-state index contributed by atoms with van der Waals surface area (Å²) in [4.78, 5) is 11.7. The molecule has 1 atom stereocenters. The zero-order chi connectivity index (χ0) is 14.1. The van der Waals surface area contributed by atoms with Crippen LogP contribution in [-0.4, -0.2) is 32.1 Å². The largest absolute Gasteiger partial charge is 0.494 e. The standard InChI is InChI=1S/C15H24N2O2/c1-4-19-14-8-6-5-7-13(14)9-10-15(18)17-11-12(2)16-3/h5-8,12,16H,4,9-11H2,1-3H3,(H,17,18). The Hall–Kier alpha value is -1.55. The molecule has 0 saturated carbocycles. The minimum atomic E-state index is 0.0772. The SMILES string of the molecule is CCOc1ccccc1CCC(=O)NCC(C)NC. The third-order valence-electron chi connectivity index (χ3n) is 2.99. The Morgan fingerprint density at radius 1 is 1.37 bits per heavy atom. The van der Waals surface area contributed by atoms with E-state index < -0.39 is 0 Å². The molecular weight excluding hydrogens is 240 g/mol. The summed E-state index contributed by atoms with van der Waals surface area (Å²) in [6, 6.07) is 8.16. The van der Waals surface area contributed by atoms with Crippen LogP contribution in [0.5, 0.6) is 5.75 Å². The number of likely N-dealkylation sites (N-methyl/N-ethyl adjacent to an activating group) is 1. The second-order valence-corrected chi connectivity index (χ2v) is 4.53. The summed E-state index contributed by atoms with van der Waals surface area (Å²) in [6.45, 7) is 5.29. The lowest BCUT2D eigenvalue weighted by Gasteiger charge is -2.12. The van der Waals surface area contributed by atoms with Gasteiger partial charge in [-0.3, -0.25) is 4.79 Å². The summed E-state index contributed by atoms with van der Waals surface area (Å²) in [6.07, 6.45) is 1.19. The second-order valence-electron chi connectivity index (χ2n) is 4.53. The van der Waals surface area contributed by atoms with Crippen molar-refractivity contribution < 1.29 is 9.53 Å². The van der Waals surface area contributed by atoms with E-state index in [1.54, 1.807) is 0 Å². The van der Waals surface area contributed by atoms with Crippen LogP contribution in [0, 0.1) is 0 Å². The molecule has 106 valence electrons. The van der Waals surface area contributed by atoms with Gasteiger partial charge in [0.05, 0.1) is 6.61 Å². The van der Waals surface area contributed by atoms with Crippen molar-refractivity contribution in [3.63, 3.8) is 0 Å². The molecule has 19 heavy (non-hydrogen) atoms. The van der Waals surface area contributed by atoms with Crippen molar-refractivity contribution in [2.45, 2.75) is 32.7 Å². The number of benzene rings is 1. The van der Waals surface area contributed by atoms with Crippen LogP contribution in [0.1, 0.15) is 25.8 Å². The van der Waals surface area contributed by atoms with E-state index in [0.29, 0.717) is 32.0 Å². The maximum absolute atomic E-state index is 11.7. The highest BCUT2D eigenvalue weighted by atomic mass is 16.5. The van der Waals surface area contributed by atoms with Gasteiger partial charge in [0.25, 0.3) is 0 Å². The smallest absolute Gasteiger partial charge is 0.220 e. The van der Waals surface area contributed by atoms with E-state index in [1.807, 2.05) is 45.2 Å². The van der Waals surface area contributed by atoms with Crippen LogP contribution in [0.3, 0.4) is 0 Å². The molecule has 1 unspecified atom stereocenters. The summed E-state index contributed by atoms with van der Waals surface area (Å²) in [5, 5.41) is 6.00. The molecule has 0 heterocycles. The fourth-order valence-electron chi connectivity index (χ4n) is 1.71. The van der Waals surface area contributed by atoms with E-state index in [1.165, 1.54) is 0 Å². The molecule has 0 spiro atoms. The lowest BCUT2D eigenvalue weighted by Crippen LogP contribution is -2.37. The number of para-hydroxylation sites is 1. The quantitative estimate of drug-likeness (QED) is 0.752. The van der Waals surface area contributed by atoms with Gasteiger partial charge in [-0.05, 0) is 38.9 Å². The van der Waals surface area contributed by atoms with Crippen LogP contribution < -0.4 is 15.4 Å². The van der Waals surface area contributed by atoms with Crippen LogP contribution in [0.25, 0.3) is 0 Å². The molecule has 0 radical (unpaired) electrons. The van der Waals surface area contributed by atoms with Crippen molar-refractivity contribution >= 4 is 5.91 Å². The van der Waals surface area contributed by atoms with Gasteiger partial charge in [0, 0.05) is 19.0 Å². The molecule has 0 fully saturated rings. The zero-order valence-corrected chi connectivity index (χ0v) is 12.0. The van der Waals surface area contributed by atoms with Crippen molar-refractivity contribution in [3.8, 4) is 5.75 Å². The Morgan fingerprint density at radius 3 is 2.79 bits per heavy atom. The minimum absolute atomic E-state index is 0.0772. The van der Waals surface area contributed by atoms with Crippen LogP contribution >= 0.6 is 0 Å². The van der Waals surface area contributed by atoms with Gasteiger partial charge in [-0.25, -0.2) is 0 Å². The summed E-state index contributed by atoms with van der Waals surface area (Å²) < 4.78 is 5.54. The third-order valence-corrected chi connectivity index (χ3v) is 2.99. The van der Waals surface area contributed by atoms with E-state index in [0.717, 1.165) is 11.3 Å². The molecule has 2 N–H and O–H groups in total. The molecule has 1 aromatic rings. The summed E-state index contributed by atoms with van der Waals surface area (Å²) >= 11 is 0. The van der Waals surface area contributed by atoms with Gasteiger partial charge in [0.1, 0.15) is 5.75 Å². The van der Waals surface area contributed by atoms with E-state index in [2.05, 4.69) is 10.6 Å². The average Bonchev–Trinajstić information content (AvgIpc) is 2.44. The van der Waals surface area contributed by atoms with Gasteiger partial charge in [0.2, 0.25) is 5.91 Å². The number of nitrogens with one attached hydrogen (secondary N) is 2. The Balaban J connectivity index is 2.41. The van der Waals surface area contributed by atoms with Crippen molar-refractivity contribution in [2.24, 2.45) is 0 Å². The van der Waals surface area contributed by atoms with Gasteiger partial charge in [-0.15, -0.1) is 0 Å². The van der Waals surface area contributed by atoms with Crippen LogP contribution in [0.2, 0.25) is 0 Å². The molecule has 1 amide bonds. The lowest BCUT2D eigenvalue weighted by molar-refractivity contribution is -0.121. The number of hydrogen-bond donors (Lipinski definition) is 2. The lowest BCUT2D eigenvalue weighted by atomic mass is 10.1. The first-order chi connectivity index (χ1) is 9.17. The minimum Gasteiger partial charge on any atom is -0.494 e. The molecule has 4 nitrogen and oxygen atoms in total. The zero-order valence-electron chi connectivity index (χ0n) is 12.0. The van der Waals surface area contributed by atoms with Gasteiger partial charge in [-0.1, -0.05) is 18.2 Å². The molecule has 0 aromatic heterocycles. The summed E-state index contributed by atoms with van der Waals surface area (Å²) in [5.41, 5.74) is 1.08. The highest BCUT2D eigenvalue weighted by Crippen LogP contribution is 2.19. The van der Waals surface area contributed by atoms with Crippen molar-refractivity contribution in [1.82, 2.24) is 10.6 Å². The Kier molecular flexibility index (Phi) is 6.97. The highest BCUT2D eigenvalue weighted by molar-refractivity contribution is 5.76. The van der Waals surface area contributed by atoms with Crippen LogP contribution in [0.4, 0.5) is 0 Å². The maximum atomic E-state index is 11.7. The molecule has 0 aliphatic carbocycles. The normalized spacial score (nSPS) is 11.9. The molecule has 0 aliphatic rings. The van der Waals surface area contributed by atoms with Gasteiger partial charge >= 0.3 is 0 Å². The predicted octanol–water partition coefficient (Wildman–Crippen LogP) is 1.74. The second kappa shape index (κ2) is 8.53. The summed E-state index contributed by atoms with van der Waals surface area (Å²) in [5.74, 6) is 0.954. The van der Waals surface area contributed by atoms with Gasteiger partial charge < -0.3 is 15.4 Å². The number of rotatable bonds is 8. The Labute approximate surface area is 115 Å². The summed E-state index contributed by atoms with van der Waals surface area (Å²) in [7, 11) is 1.88.